The molecule has 3 saturated heterocycles. The Bertz CT molecular complexity index is 617. The van der Waals surface area contributed by atoms with Crippen LogP contribution in [0.15, 0.2) is 24.3 Å². The van der Waals surface area contributed by atoms with E-state index < -0.39 is 0 Å². The van der Waals surface area contributed by atoms with Crippen molar-refractivity contribution in [3.8, 4) is 0 Å². The van der Waals surface area contributed by atoms with Gasteiger partial charge >= 0.3 is 0 Å². The van der Waals surface area contributed by atoms with Crippen LogP contribution in [0.2, 0.25) is 0 Å². The Hall–Kier alpha value is -1.62. The van der Waals surface area contributed by atoms with Crippen LogP contribution in [0.1, 0.15) is 32.1 Å². The lowest BCUT2D eigenvalue weighted by atomic mass is 9.78. The standard InChI is InChI=1S/C19H25FN2O2/c20-16-4-1-2-5-17(16)21-10-3-8-19(14-21)9-11-22(18(19)23)15-6-12-24-13-7-15/h1-2,4-5,15H,3,6-14H2/t19-/m0/s1. The second-order valence-electron chi connectivity index (χ2n) is 7.35. The number of rotatable bonds is 2. The number of piperidine rings is 1. The fourth-order valence-corrected chi connectivity index (χ4v) is 4.62. The van der Waals surface area contributed by atoms with Crippen molar-refractivity contribution in [2.24, 2.45) is 5.41 Å². The van der Waals surface area contributed by atoms with Gasteiger partial charge in [-0.1, -0.05) is 12.1 Å². The summed E-state index contributed by atoms with van der Waals surface area (Å²) in [5, 5.41) is 0. The van der Waals surface area contributed by atoms with Gasteiger partial charge in [0, 0.05) is 38.9 Å². The molecule has 0 radical (unpaired) electrons. The molecule has 1 spiro atoms. The molecular weight excluding hydrogens is 307 g/mol. The first-order chi connectivity index (χ1) is 11.7. The molecule has 1 amide bonds. The second kappa shape index (κ2) is 6.36. The van der Waals surface area contributed by atoms with Gasteiger partial charge in [-0.15, -0.1) is 0 Å². The zero-order valence-electron chi connectivity index (χ0n) is 14.0. The number of likely N-dealkylation sites (tertiary alicyclic amines) is 1. The minimum Gasteiger partial charge on any atom is -0.381 e. The Kier molecular flexibility index (Phi) is 4.21. The molecule has 1 atom stereocenters. The Balaban J connectivity index is 1.53. The van der Waals surface area contributed by atoms with Crippen LogP contribution in [0.3, 0.4) is 0 Å². The predicted octanol–water partition coefficient (Wildman–Crippen LogP) is 2.82. The molecule has 0 aliphatic carbocycles. The molecule has 3 fully saturated rings. The van der Waals surface area contributed by atoms with E-state index in [-0.39, 0.29) is 17.1 Å². The summed E-state index contributed by atoms with van der Waals surface area (Å²) in [4.78, 5) is 17.4. The van der Waals surface area contributed by atoms with Gasteiger partial charge in [-0.3, -0.25) is 4.79 Å². The molecule has 0 aromatic heterocycles. The van der Waals surface area contributed by atoms with E-state index in [1.54, 1.807) is 6.07 Å². The average Bonchev–Trinajstić information content (AvgIpc) is 2.92. The summed E-state index contributed by atoms with van der Waals surface area (Å²) in [5.74, 6) is 0.0942. The van der Waals surface area contributed by atoms with Crippen molar-refractivity contribution in [2.45, 2.75) is 38.1 Å². The summed E-state index contributed by atoms with van der Waals surface area (Å²) < 4.78 is 19.6. The molecular formula is C19H25FN2O2. The summed E-state index contributed by atoms with van der Waals surface area (Å²) >= 11 is 0. The van der Waals surface area contributed by atoms with Crippen molar-refractivity contribution in [3.05, 3.63) is 30.1 Å². The molecule has 4 rings (SSSR count). The summed E-state index contributed by atoms with van der Waals surface area (Å²) in [6, 6.07) is 7.23. The molecule has 3 heterocycles. The van der Waals surface area contributed by atoms with E-state index in [1.807, 2.05) is 12.1 Å². The highest BCUT2D eigenvalue weighted by Crippen LogP contribution is 2.43. The zero-order chi connectivity index (χ0) is 16.6. The predicted molar refractivity (Wildman–Crippen MR) is 90.5 cm³/mol. The van der Waals surface area contributed by atoms with Gasteiger partial charge in [0.05, 0.1) is 11.1 Å². The van der Waals surface area contributed by atoms with E-state index in [9.17, 15) is 9.18 Å². The maximum absolute atomic E-state index is 14.2. The third-order valence-electron chi connectivity index (χ3n) is 5.95. The number of anilines is 1. The molecule has 0 N–H and O–H groups in total. The van der Waals surface area contributed by atoms with Crippen molar-refractivity contribution in [2.75, 3.05) is 37.7 Å². The Morgan fingerprint density at radius 3 is 2.71 bits per heavy atom. The number of amides is 1. The van der Waals surface area contributed by atoms with Crippen LogP contribution >= 0.6 is 0 Å². The quantitative estimate of drug-likeness (QED) is 0.835. The largest absolute Gasteiger partial charge is 0.381 e. The van der Waals surface area contributed by atoms with Crippen molar-refractivity contribution in [1.82, 2.24) is 4.90 Å². The SMILES string of the molecule is O=C1N(C2CCOCC2)CC[C@]12CCCN(c1ccccc1F)C2. The van der Waals surface area contributed by atoms with E-state index in [0.29, 0.717) is 18.3 Å². The van der Waals surface area contributed by atoms with E-state index in [2.05, 4.69) is 9.80 Å². The number of carbonyl (C=O) groups excluding carboxylic acids is 1. The van der Waals surface area contributed by atoms with Crippen LogP contribution in [0.5, 0.6) is 0 Å². The number of halogens is 1. The maximum atomic E-state index is 14.2. The number of para-hydroxylation sites is 1. The zero-order valence-corrected chi connectivity index (χ0v) is 14.0. The highest BCUT2D eigenvalue weighted by atomic mass is 19.1. The topological polar surface area (TPSA) is 32.8 Å². The summed E-state index contributed by atoms with van der Waals surface area (Å²) in [6.45, 7) is 3.82. The van der Waals surface area contributed by atoms with Crippen LogP contribution in [-0.4, -0.2) is 49.7 Å². The normalized spacial score (nSPS) is 28.8. The van der Waals surface area contributed by atoms with Gasteiger partial charge in [0.2, 0.25) is 5.91 Å². The molecule has 3 aliphatic heterocycles. The lowest BCUT2D eigenvalue weighted by Gasteiger charge is -2.41. The number of hydrogen-bond acceptors (Lipinski definition) is 3. The van der Waals surface area contributed by atoms with Crippen molar-refractivity contribution in [3.63, 3.8) is 0 Å². The van der Waals surface area contributed by atoms with E-state index in [0.717, 1.165) is 58.4 Å². The molecule has 4 nitrogen and oxygen atoms in total. The second-order valence-corrected chi connectivity index (χ2v) is 7.35. The van der Waals surface area contributed by atoms with Gasteiger partial charge in [-0.05, 0) is 44.2 Å². The minimum atomic E-state index is -0.321. The Morgan fingerprint density at radius 2 is 1.92 bits per heavy atom. The molecule has 5 heteroatoms. The van der Waals surface area contributed by atoms with Crippen LogP contribution < -0.4 is 4.90 Å². The Labute approximate surface area is 142 Å². The van der Waals surface area contributed by atoms with Gasteiger partial charge in [0.25, 0.3) is 0 Å². The lowest BCUT2D eigenvalue weighted by molar-refractivity contribution is -0.139. The first-order valence-electron chi connectivity index (χ1n) is 9.08. The van der Waals surface area contributed by atoms with E-state index >= 15 is 0 Å². The molecule has 0 saturated carbocycles. The average molecular weight is 332 g/mol. The van der Waals surface area contributed by atoms with E-state index in [4.69, 9.17) is 4.74 Å². The van der Waals surface area contributed by atoms with Gasteiger partial charge in [0.15, 0.2) is 0 Å². The van der Waals surface area contributed by atoms with Gasteiger partial charge in [0.1, 0.15) is 5.82 Å². The molecule has 3 aliphatic rings. The third-order valence-corrected chi connectivity index (χ3v) is 5.95. The number of nitrogens with zero attached hydrogens (tertiary/aromatic N) is 2. The first kappa shape index (κ1) is 15.9. The highest BCUT2D eigenvalue weighted by Gasteiger charge is 2.50. The van der Waals surface area contributed by atoms with Crippen molar-refractivity contribution < 1.29 is 13.9 Å². The molecule has 130 valence electrons. The summed E-state index contributed by atoms with van der Waals surface area (Å²) in [5.41, 5.74) is 0.313. The van der Waals surface area contributed by atoms with Crippen molar-refractivity contribution in [1.29, 1.82) is 0 Å². The van der Waals surface area contributed by atoms with Crippen LogP contribution in [-0.2, 0) is 9.53 Å². The fourth-order valence-electron chi connectivity index (χ4n) is 4.62. The first-order valence-corrected chi connectivity index (χ1v) is 9.08. The number of benzene rings is 1. The monoisotopic (exact) mass is 332 g/mol. The Morgan fingerprint density at radius 1 is 1.12 bits per heavy atom. The van der Waals surface area contributed by atoms with Crippen LogP contribution in [0.25, 0.3) is 0 Å². The minimum absolute atomic E-state index is 0.193. The van der Waals surface area contributed by atoms with Gasteiger partial charge < -0.3 is 14.5 Å². The summed E-state index contributed by atoms with van der Waals surface area (Å²) in [7, 11) is 0. The summed E-state index contributed by atoms with van der Waals surface area (Å²) in [6.07, 6.45) is 4.66. The lowest BCUT2D eigenvalue weighted by Crippen LogP contribution is -2.50. The van der Waals surface area contributed by atoms with Gasteiger partial charge in [-0.2, -0.15) is 0 Å². The van der Waals surface area contributed by atoms with Crippen LogP contribution in [0.4, 0.5) is 10.1 Å². The fraction of sp³-hybridized carbons (Fsp3) is 0.632. The smallest absolute Gasteiger partial charge is 0.230 e. The molecule has 24 heavy (non-hydrogen) atoms. The maximum Gasteiger partial charge on any atom is 0.230 e. The molecule has 1 aromatic carbocycles. The highest BCUT2D eigenvalue weighted by molar-refractivity contribution is 5.86. The van der Waals surface area contributed by atoms with Crippen LogP contribution in [0, 0.1) is 11.2 Å². The third kappa shape index (κ3) is 2.69. The molecule has 0 unspecified atom stereocenters. The van der Waals surface area contributed by atoms with E-state index in [1.165, 1.54) is 6.07 Å². The molecule has 0 bridgehead atoms. The molecule has 1 aromatic rings. The number of carbonyl (C=O) groups is 1. The van der Waals surface area contributed by atoms with Gasteiger partial charge in [-0.25, -0.2) is 4.39 Å². The number of ether oxygens (including phenoxy) is 1. The number of hydrogen-bond donors (Lipinski definition) is 0. The van der Waals surface area contributed by atoms with Crippen molar-refractivity contribution >= 4 is 11.6 Å².